The summed E-state index contributed by atoms with van der Waals surface area (Å²) in [6.07, 6.45) is -2.58. The van der Waals surface area contributed by atoms with E-state index in [4.69, 9.17) is 0 Å². The van der Waals surface area contributed by atoms with E-state index in [1.807, 2.05) is 0 Å². The van der Waals surface area contributed by atoms with Crippen molar-refractivity contribution in [1.29, 1.82) is 0 Å². The Morgan fingerprint density at radius 1 is 1.38 bits per heavy atom. The molecular formula is C11H10BrF2NO. The third-order valence-electron chi connectivity index (χ3n) is 2.81. The molecule has 0 aliphatic carbocycles. The van der Waals surface area contributed by atoms with Crippen LogP contribution in [-0.2, 0) is 10.2 Å². The van der Waals surface area contributed by atoms with Gasteiger partial charge in [0.15, 0.2) is 0 Å². The van der Waals surface area contributed by atoms with Gasteiger partial charge in [-0.25, -0.2) is 8.78 Å². The number of carbonyl (C=O) groups is 1. The van der Waals surface area contributed by atoms with Gasteiger partial charge in [-0.05, 0) is 31.5 Å². The maximum absolute atomic E-state index is 12.9. The maximum Gasteiger partial charge on any atom is 0.264 e. The first-order chi connectivity index (χ1) is 7.34. The fraction of sp³-hybridized carbons (Fsp3) is 0.364. The highest BCUT2D eigenvalue weighted by molar-refractivity contribution is 9.10. The Kier molecular flexibility index (Phi) is 2.53. The minimum absolute atomic E-state index is 0.0901. The van der Waals surface area contributed by atoms with Crippen molar-refractivity contribution in [3.63, 3.8) is 0 Å². The largest absolute Gasteiger partial charge is 0.325 e. The molecule has 1 aliphatic rings. The van der Waals surface area contributed by atoms with Gasteiger partial charge in [0.25, 0.3) is 6.43 Å². The summed E-state index contributed by atoms with van der Waals surface area (Å²) in [6.45, 7) is 3.29. The number of hydrogen-bond acceptors (Lipinski definition) is 1. The fourth-order valence-corrected chi connectivity index (χ4v) is 2.46. The highest BCUT2D eigenvalue weighted by atomic mass is 79.9. The minimum atomic E-state index is -2.58. The molecule has 1 heterocycles. The lowest BCUT2D eigenvalue weighted by atomic mass is 9.83. The van der Waals surface area contributed by atoms with Gasteiger partial charge in [-0.15, -0.1) is 0 Å². The Labute approximate surface area is 100 Å². The van der Waals surface area contributed by atoms with Crippen molar-refractivity contribution in [2.24, 2.45) is 0 Å². The molecule has 1 aromatic rings. The summed E-state index contributed by atoms with van der Waals surface area (Å²) in [5.74, 6) is -0.248. The van der Waals surface area contributed by atoms with Crippen molar-refractivity contribution < 1.29 is 13.6 Å². The van der Waals surface area contributed by atoms with E-state index in [-0.39, 0.29) is 11.5 Å². The van der Waals surface area contributed by atoms with Gasteiger partial charge in [0.2, 0.25) is 5.91 Å². The van der Waals surface area contributed by atoms with Gasteiger partial charge in [0.1, 0.15) is 0 Å². The molecule has 1 amide bonds. The molecule has 1 aliphatic heterocycles. The molecule has 0 fully saturated rings. The van der Waals surface area contributed by atoms with E-state index < -0.39 is 11.8 Å². The molecule has 0 unspecified atom stereocenters. The lowest BCUT2D eigenvalue weighted by molar-refractivity contribution is -0.119. The van der Waals surface area contributed by atoms with E-state index >= 15 is 0 Å². The van der Waals surface area contributed by atoms with Crippen LogP contribution in [0.3, 0.4) is 0 Å². The number of halogens is 3. The molecule has 0 spiro atoms. The van der Waals surface area contributed by atoms with Gasteiger partial charge >= 0.3 is 0 Å². The van der Waals surface area contributed by atoms with Crippen LogP contribution in [0.15, 0.2) is 16.6 Å². The van der Waals surface area contributed by atoms with E-state index in [0.717, 1.165) is 0 Å². The molecule has 1 aromatic carbocycles. The molecule has 0 saturated heterocycles. The number of hydrogen-bond donors (Lipinski definition) is 1. The van der Waals surface area contributed by atoms with E-state index in [2.05, 4.69) is 21.2 Å². The van der Waals surface area contributed by atoms with Gasteiger partial charge < -0.3 is 5.32 Å². The van der Waals surface area contributed by atoms with E-state index in [1.165, 1.54) is 6.07 Å². The topological polar surface area (TPSA) is 29.1 Å². The zero-order chi connectivity index (χ0) is 12.1. The van der Waals surface area contributed by atoms with Crippen molar-refractivity contribution in [3.8, 4) is 0 Å². The third kappa shape index (κ3) is 1.54. The smallest absolute Gasteiger partial charge is 0.264 e. The van der Waals surface area contributed by atoms with Crippen LogP contribution >= 0.6 is 15.9 Å². The number of alkyl halides is 2. The molecule has 0 atom stereocenters. The summed E-state index contributed by atoms with van der Waals surface area (Å²) in [4.78, 5) is 11.7. The van der Waals surface area contributed by atoms with Crippen LogP contribution in [0.5, 0.6) is 0 Å². The highest BCUT2D eigenvalue weighted by Gasteiger charge is 2.41. The molecule has 0 aromatic heterocycles. The van der Waals surface area contributed by atoms with Crippen LogP contribution in [0.2, 0.25) is 0 Å². The first kappa shape index (κ1) is 11.5. The summed E-state index contributed by atoms with van der Waals surface area (Å²) >= 11 is 3.16. The molecule has 2 rings (SSSR count). The molecule has 2 nitrogen and oxygen atoms in total. The number of fused-ring (bicyclic) bond motifs is 1. The zero-order valence-electron chi connectivity index (χ0n) is 8.77. The van der Waals surface area contributed by atoms with Crippen LogP contribution in [0.25, 0.3) is 0 Å². The van der Waals surface area contributed by atoms with Gasteiger partial charge in [0, 0.05) is 15.7 Å². The van der Waals surface area contributed by atoms with Gasteiger partial charge in [-0.1, -0.05) is 15.9 Å². The number of carbonyl (C=O) groups excluding carboxylic acids is 1. The number of rotatable bonds is 1. The van der Waals surface area contributed by atoms with Crippen LogP contribution in [-0.4, -0.2) is 5.91 Å². The maximum atomic E-state index is 12.9. The van der Waals surface area contributed by atoms with E-state index in [0.29, 0.717) is 15.7 Å². The van der Waals surface area contributed by atoms with Gasteiger partial charge in [0.05, 0.1) is 5.41 Å². The number of amides is 1. The van der Waals surface area contributed by atoms with Crippen LogP contribution < -0.4 is 5.32 Å². The van der Waals surface area contributed by atoms with E-state index in [1.54, 1.807) is 19.9 Å². The Bertz CT molecular complexity index is 471. The first-order valence-electron chi connectivity index (χ1n) is 4.77. The Morgan fingerprint density at radius 2 is 2.00 bits per heavy atom. The summed E-state index contributed by atoms with van der Waals surface area (Å²) in [6, 6.07) is 3.01. The average molecular weight is 290 g/mol. The molecule has 5 heteroatoms. The lowest BCUT2D eigenvalue weighted by Gasteiger charge is -2.18. The second-order valence-corrected chi connectivity index (χ2v) is 5.21. The van der Waals surface area contributed by atoms with Crippen molar-refractivity contribution in [1.82, 2.24) is 0 Å². The first-order valence-corrected chi connectivity index (χ1v) is 5.57. The fourth-order valence-electron chi connectivity index (χ4n) is 1.99. The van der Waals surface area contributed by atoms with Crippen LogP contribution in [0.4, 0.5) is 14.5 Å². The summed E-state index contributed by atoms with van der Waals surface area (Å²) in [7, 11) is 0. The second-order valence-electron chi connectivity index (χ2n) is 4.30. The Morgan fingerprint density at radius 3 is 2.56 bits per heavy atom. The molecular weight excluding hydrogens is 280 g/mol. The zero-order valence-corrected chi connectivity index (χ0v) is 10.4. The summed E-state index contributed by atoms with van der Waals surface area (Å²) < 4.78 is 26.4. The molecule has 0 radical (unpaired) electrons. The lowest BCUT2D eigenvalue weighted by Crippen LogP contribution is -2.27. The number of benzene rings is 1. The Hall–Kier alpha value is -0.970. The monoisotopic (exact) mass is 289 g/mol. The quantitative estimate of drug-likeness (QED) is 0.841. The third-order valence-corrected chi connectivity index (χ3v) is 3.27. The average Bonchev–Trinajstić information content (AvgIpc) is 2.36. The standard InChI is InChI=1S/C11H10BrF2NO/c1-11(2)8-6(9(13)14)3-5(12)4-7(8)15-10(11)16/h3-4,9H,1-2H3,(H,15,16). The normalized spacial score (nSPS) is 17.5. The molecule has 16 heavy (non-hydrogen) atoms. The van der Waals surface area contributed by atoms with Gasteiger partial charge in [-0.2, -0.15) is 0 Å². The molecule has 86 valence electrons. The van der Waals surface area contributed by atoms with E-state index in [9.17, 15) is 13.6 Å². The predicted octanol–water partition coefficient (Wildman–Crippen LogP) is 3.62. The summed E-state index contributed by atoms with van der Waals surface area (Å²) in [5.41, 5.74) is -0.120. The van der Waals surface area contributed by atoms with Crippen molar-refractivity contribution in [3.05, 3.63) is 27.7 Å². The molecule has 1 N–H and O–H groups in total. The Balaban J connectivity index is 2.72. The van der Waals surface area contributed by atoms with Crippen LogP contribution in [0.1, 0.15) is 31.4 Å². The molecule has 0 bridgehead atoms. The number of nitrogens with one attached hydrogen (secondary N) is 1. The molecule has 0 saturated carbocycles. The second kappa shape index (κ2) is 3.52. The van der Waals surface area contributed by atoms with Gasteiger partial charge in [-0.3, -0.25) is 4.79 Å². The SMILES string of the molecule is CC1(C)C(=O)Nc2cc(Br)cc(C(F)F)c21. The predicted molar refractivity (Wildman–Crippen MR) is 60.8 cm³/mol. The highest BCUT2D eigenvalue weighted by Crippen LogP contribution is 2.44. The van der Waals surface area contributed by atoms with Crippen LogP contribution in [0, 0.1) is 0 Å². The van der Waals surface area contributed by atoms with Crippen molar-refractivity contribution >= 4 is 27.5 Å². The van der Waals surface area contributed by atoms with Crippen molar-refractivity contribution in [2.45, 2.75) is 25.7 Å². The summed E-state index contributed by atoms with van der Waals surface area (Å²) in [5, 5.41) is 2.62. The minimum Gasteiger partial charge on any atom is -0.325 e. The number of anilines is 1. The van der Waals surface area contributed by atoms with Crippen molar-refractivity contribution in [2.75, 3.05) is 5.32 Å².